The Morgan fingerprint density at radius 1 is 1.14 bits per heavy atom. The van der Waals surface area contributed by atoms with E-state index >= 15 is 0 Å². The highest BCUT2D eigenvalue weighted by Crippen LogP contribution is 2.60. The van der Waals surface area contributed by atoms with Crippen molar-refractivity contribution in [3.05, 3.63) is 0 Å². The van der Waals surface area contributed by atoms with Crippen molar-refractivity contribution in [3.63, 3.8) is 0 Å². The van der Waals surface area contributed by atoms with Crippen molar-refractivity contribution in [1.29, 1.82) is 0 Å². The molecule has 4 aliphatic carbocycles. The lowest BCUT2D eigenvalue weighted by atomic mass is 9.52. The molecule has 4 bridgehead atoms. The Morgan fingerprint density at radius 3 is 2.27 bits per heavy atom. The molecule has 4 aliphatic rings. The van der Waals surface area contributed by atoms with Crippen LogP contribution in [0.1, 0.15) is 65.7 Å². The highest BCUT2D eigenvalue weighted by molar-refractivity contribution is 5.76. The molecule has 0 spiro atoms. The summed E-state index contributed by atoms with van der Waals surface area (Å²) in [5, 5.41) is 0. The van der Waals surface area contributed by atoms with Crippen molar-refractivity contribution < 1.29 is 19.0 Å². The highest BCUT2D eigenvalue weighted by Gasteiger charge is 2.60. The van der Waals surface area contributed by atoms with Crippen molar-refractivity contribution in [2.24, 2.45) is 17.3 Å². The maximum atomic E-state index is 12.6. The molecule has 0 N–H and O–H groups in total. The van der Waals surface area contributed by atoms with Crippen LogP contribution in [0.5, 0.6) is 0 Å². The molecule has 4 heteroatoms. The molecule has 0 radical (unpaired) electrons. The molecule has 4 fully saturated rings. The van der Waals surface area contributed by atoms with Gasteiger partial charge >= 0.3 is 5.97 Å². The Labute approximate surface area is 133 Å². The van der Waals surface area contributed by atoms with Crippen LogP contribution in [0.25, 0.3) is 0 Å². The average molecular weight is 310 g/mol. The molecule has 0 saturated heterocycles. The normalized spacial score (nSPS) is 40.0. The lowest BCUT2D eigenvalue weighted by molar-refractivity contribution is -0.254. The van der Waals surface area contributed by atoms with Crippen LogP contribution >= 0.6 is 0 Å². The van der Waals surface area contributed by atoms with Crippen molar-refractivity contribution in [2.45, 2.75) is 76.9 Å². The zero-order valence-electron chi connectivity index (χ0n) is 14.4. The van der Waals surface area contributed by atoms with Crippen LogP contribution in [0.15, 0.2) is 0 Å². The van der Waals surface area contributed by atoms with Gasteiger partial charge in [0, 0.05) is 13.5 Å². The molecule has 2 unspecified atom stereocenters. The fourth-order valence-electron chi connectivity index (χ4n) is 5.05. The smallest absolute Gasteiger partial charge is 0.312 e. The van der Waals surface area contributed by atoms with Gasteiger partial charge in [0.15, 0.2) is 0 Å². The van der Waals surface area contributed by atoms with E-state index in [1.165, 1.54) is 6.42 Å². The van der Waals surface area contributed by atoms with Gasteiger partial charge in [-0.05, 0) is 64.2 Å². The zero-order chi connectivity index (χ0) is 16.0. The SMILES string of the molecule is CCC(C)(C)C(=O)OC12CC3CC(CC(OCOC)(C3)C1)C2. The van der Waals surface area contributed by atoms with E-state index in [1.807, 2.05) is 20.8 Å². The minimum Gasteiger partial charge on any atom is -0.459 e. The second-order valence-electron chi connectivity index (χ2n) is 8.50. The summed E-state index contributed by atoms with van der Waals surface area (Å²) in [6.07, 6.45) is 7.17. The van der Waals surface area contributed by atoms with E-state index in [0.29, 0.717) is 18.6 Å². The van der Waals surface area contributed by atoms with E-state index in [4.69, 9.17) is 14.2 Å². The molecule has 0 aromatic rings. The zero-order valence-corrected chi connectivity index (χ0v) is 14.4. The van der Waals surface area contributed by atoms with Gasteiger partial charge in [0.25, 0.3) is 0 Å². The first-order valence-corrected chi connectivity index (χ1v) is 8.68. The molecule has 4 rings (SSSR count). The second-order valence-corrected chi connectivity index (χ2v) is 8.50. The minimum absolute atomic E-state index is 0.0427. The van der Waals surface area contributed by atoms with Crippen molar-refractivity contribution in [1.82, 2.24) is 0 Å². The van der Waals surface area contributed by atoms with E-state index in [0.717, 1.165) is 38.5 Å². The van der Waals surface area contributed by atoms with Crippen LogP contribution < -0.4 is 0 Å². The van der Waals surface area contributed by atoms with Crippen LogP contribution in [0, 0.1) is 17.3 Å². The van der Waals surface area contributed by atoms with Gasteiger partial charge in [-0.3, -0.25) is 4.79 Å². The Balaban J connectivity index is 1.77. The number of carbonyl (C=O) groups is 1. The molecular weight excluding hydrogens is 280 g/mol. The summed E-state index contributed by atoms with van der Waals surface area (Å²) in [6, 6.07) is 0. The Bertz CT molecular complexity index is 428. The van der Waals surface area contributed by atoms with Crippen LogP contribution in [0.3, 0.4) is 0 Å². The van der Waals surface area contributed by atoms with Gasteiger partial charge in [-0.25, -0.2) is 0 Å². The summed E-state index contributed by atoms with van der Waals surface area (Å²) in [5.74, 6) is 1.23. The molecule has 126 valence electrons. The third-order valence-electron chi connectivity index (χ3n) is 6.18. The number of hydrogen-bond donors (Lipinski definition) is 0. The van der Waals surface area contributed by atoms with Gasteiger partial charge in [0.05, 0.1) is 11.0 Å². The first-order valence-electron chi connectivity index (χ1n) is 8.68. The van der Waals surface area contributed by atoms with E-state index < -0.39 is 5.41 Å². The topological polar surface area (TPSA) is 44.8 Å². The molecule has 4 saturated carbocycles. The minimum atomic E-state index is -0.399. The van der Waals surface area contributed by atoms with Crippen LogP contribution in [0.2, 0.25) is 0 Å². The standard InChI is InChI=1S/C18H30O4/c1-5-16(2,3)15(19)22-18-9-13-6-14(10-18)8-17(7-13,11-18)21-12-20-4/h13-14H,5-12H2,1-4H3. The monoisotopic (exact) mass is 310 g/mol. The van der Waals surface area contributed by atoms with Crippen molar-refractivity contribution in [2.75, 3.05) is 13.9 Å². The van der Waals surface area contributed by atoms with E-state index in [1.54, 1.807) is 7.11 Å². The number of rotatable bonds is 6. The molecule has 4 nitrogen and oxygen atoms in total. The first-order chi connectivity index (χ1) is 10.3. The summed E-state index contributed by atoms with van der Waals surface area (Å²) in [7, 11) is 1.67. The third kappa shape index (κ3) is 2.80. The van der Waals surface area contributed by atoms with Crippen LogP contribution in [-0.4, -0.2) is 31.1 Å². The summed E-state index contributed by atoms with van der Waals surface area (Å²) >= 11 is 0. The molecule has 22 heavy (non-hydrogen) atoms. The van der Waals surface area contributed by atoms with Crippen molar-refractivity contribution >= 4 is 5.97 Å². The van der Waals surface area contributed by atoms with Crippen LogP contribution in [-0.2, 0) is 19.0 Å². The molecule has 0 amide bonds. The molecule has 0 aromatic carbocycles. The number of ether oxygens (including phenoxy) is 3. The molecule has 0 aliphatic heterocycles. The summed E-state index contributed by atoms with van der Waals surface area (Å²) in [5.41, 5.74) is -0.817. The van der Waals surface area contributed by atoms with Gasteiger partial charge in [-0.1, -0.05) is 6.92 Å². The van der Waals surface area contributed by atoms with E-state index in [-0.39, 0.29) is 17.2 Å². The van der Waals surface area contributed by atoms with Gasteiger partial charge in [0.1, 0.15) is 12.4 Å². The maximum absolute atomic E-state index is 12.6. The average Bonchev–Trinajstić information content (AvgIpc) is 2.43. The number of carbonyl (C=O) groups excluding carboxylic acids is 1. The largest absolute Gasteiger partial charge is 0.459 e. The number of esters is 1. The van der Waals surface area contributed by atoms with Gasteiger partial charge < -0.3 is 14.2 Å². The summed E-state index contributed by atoms with van der Waals surface area (Å²) < 4.78 is 17.4. The summed E-state index contributed by atoms with van der Waals surface area (Å²) in [4.78, 5) is 12.6. The quantitative estimate of drug-likeness (QED) is 0.554. The number of hydrogen-bond acceptors (Lipinski definition) is 4. The highest BCUT2D eigenvalue weighted by atomic mass is 16.7. The van der Waals surface area contributed by atoms with Crippen molar-refractivity contribution in [3.8, 4) is 0 Å². The fraction of sp³-hybridized carbons (Fsp3) is 0.944. The van der Waals surface area contributed by atoms with Gasteiger partial charge in [0.2, 0.25) is 0 Å². The molecule has 0 aromatic heterocycles. The van der Waals surface area contributed by atoms with Gasteiger partial charge in [-0.2, -0.15) is 0 Å². The molecule has 0 heterocycles. The maximum Gasteiger partial charge on any atom is 0.312 e. The molecular formula is C18H30O4. The number of methoxy groups -OCH3 is 1. The third-order valence-corrected chi connectivity index (χ3v) is 6.18. The lowest BCUT2D eigenvalue weighted by Crippen LogP contribution is -2.62. The Morgan fingerprint density at radius 2 is 1.73 bits per heavy atom. The predicted molar refractivity (Wildman–Crippen MR) is 83.3 cm³/mol. The van der Waals surface area contributed by atoms with Gasteiger partial charge in [-0.15, -0.1) is 0 Å². The summed E-state index contributed by atoms with van der Waals surface area (Å²) in [6.45, 7) is 6.34. The second kappa shape index (κ2) is 5.48. The van der Waals surface area contributed by atoms with E-state index in [9.17, 15) is 4.79 Å². The van der Waals surface area contributed by atoms with E-state index in [2.05, 4.69) is 0 Å². The first kappa shape index (κ1) is 16.3. The predicted octanol–water partition coefficient (Wildman–Crippen LogP) is 3.68. The van der Waals surface area contributed by atoms with Crippen LogP contribution in [0.4, 0.5) is 0 Å². The lowest BCUT2D eigenvalue weighted by Gasteiger charge is -2.60. The Kier molecular flexibility index (Phi) is 4.05. The molecule has 2 atom stereocenters. The fourth-order valence-corrected chi connectivity index (χ4v) is 5.05. The Hall–Kier alpha value is -0.610.